The molecule has 1 heteroatoms. The second-order valence-corrected chi connectivity index (χ2v) is 7.80. The molecule has 0 aromatic heterocycles. The molecule has 4 bridgehead atoms. The van der Waals surface area contributed by atoms with E-state index in [0.717, 1.165) is 29.8 Å². The topological polar surface area (TPSA) is 12.0 Å². The average Bonchev–Trinajstić information content (AvgIpc) is 2.21. The summed E-state index contributed by atoms with van der Waals surface area (Å²) in [4.78, 5) is 0. The highest BCUT2D eigenvalue weighted by Gasteiger charge is 2.53. The molecule has 0 spiro atoms. The Balaban J connectivity index is 1.51. The molecule has 0 saturated heterocycles. The SMILES string of the molecule is CC(NC1CCC1)C12CC3CC(CC(C3)C1)C2. The van der Waals surface area contributed by atoms with E-state index in [2.05, 4.69) is 12.2 Å². The van der Waals surface area contributed by atoms with Crippen molar-refractivity contribution < 1.29 is 0 Å². The van der Waals surface area contributed by atoms with Gasteiger partial charge in [-0.25, -0.2) is 0 Å². The molecule has 0 amide bonds. The minimum Gasteiger partial charge on any atom is -0.311 e. The van der Waals surface area contributed by atoms with Crippen molar-refractivity contribution in [3.05, 3.63) is 0 Å². The smallest absolute Gasteiger partial charge is 0.00980 e. The summed E-state index contributed by atoms with van der Waals surface area (Å²) in [7, 11) is 0. The van der Waals surface area contributed by atoms with E-state index >= 15 is 0 Å². The zero-order chi connectivity index (χ0) is 11.5. The minimum absolute atomic E-state index is 0.713. The van der Waals surface area contributed by atoms with Gasteiger partial charge in [0.15, 0.2) is 0 Å². The van der Waals surface area contributed by atoms with Gasteiger partial charge in [0.05, 0.1) is 0 Å². The first-order chi connectivity index (χ1) is 8.23. The van der Waals surface area contributed by atoms with Crippen LogP contribution in [0, 0.1) is 23.2 Å². The van der Waals surface area contributed by atoms with Crippen molar-refractivity contribution in [3.8, 4) is 0 Å². The predicted molar refractivity (Wildman–Crippen MR) is 70.8 cm³/mol. The molecule has 96 valence electrons. The molecule has 17 heavy (non-hydrogen) atoms. The van der Waals surface area contributed by atoms with Gasteiger partial charge < -0.3 is 5.32 Å². The fourth-order valence-corrected chi connectivity index (χ4v) is 5.81. The Kier molecular flexibility index (Phi) is 2.38. The summed E-state index contributed by atoms with van der Waals surface area (Å²) in [6.45, 7) is 2.51. The predicted octanol–water partition coefficient (Wildman–Crippen LogP) is 3.73. The highest BCUT2D eigenvalue weighted by Crippen LogP contribution is 2.61. The van der Waals surface area contributed by atoms with Crippen LogP contribution < -0.4 is 5.32 Å². The van der Waals surface area contributed by atoms with E-state index < -0.39 is 0 Å². The molecule has 0 radical (unpaired) electrons. The third-order valence-electron chi connectivity index (χ3n) is 6.60. The van der Waals surface area contributed by atoms with Gasteiger partial charge in [-0.2, -0.15) is 0 Å². The molecular weight excluding hydrogens is 206 g/mol. The van der Waals surface area contributed by atoms with Crippen molar-refractivity contribution in [2.75, 3.05) is 0 Å². The first kappa shape index (κ1) is 10.8. The maximum atomic E-state index is 3.97. The lowest BCUT2D eigenvalue weighted by Crippen LogP contribution is -2.57. The summed E-state index contributed by atoms with van der Waals surface area (Å²) in [5, 5.41) is 3.97. The average molecular weight is 233 g/mol. The van der Waals surface area contributed by atoms with Crippen molar-refractivity contribution in [3.63, 3.8) is 0 Å². The van der Waals surface area contributed by atoms with E-state index in [-0.39, 0.29) is 0 Å². The van der Waals surface area contributed by atoms with E-state index in [1.165, 1.54) is 19.3 Å². The van der Waals surface area contributed by atoms with Crippen LogP contribution in [0.2, 0.25) is 0 Å². The number of hydrogen-bond acceptors (Lipinski definition) is 1. The molecule has 5 rings (SSSR count). The molecule has 5 fully saturated rings. The van der Waals surface area contributed by atoms with E-state index in [1.54, 1.807) is 38.5 Å². The lowest BCUT2D eigenvalue weighted by atomic mass is 9.48. The summed E-state index contributed by atoms with van der Waals surface area (Å²) in [6, 6.07) is 1.67. The molecule has 0 heterocycles. The van der Waals surface area contributed by atoms with Crippen molar-refractivity contribution in [1.29, 1.82) is 0 Å². The van der Waals surface area contributed by atoms with Crippen LogP contribution in [0.5, 0.6) is 0 Å². The Labute approximate surface area is 106 Å². The van der Waals surface area contributed by atoms with Gasteiger partial charge in [0, 0.05) is 12.1 Å². The summed E-state index contributed by atoms with van der Waals surface area (Å²) >= 11 is 0. The highest BCUT2D eigenvalue weighted by molar-refractivity contribution is 5.05. The van der Waals surface area contributed by atoms with Crippen molar-refractivity contribution in [2.45, 2.75) is 76.8 Å². The molecule has 0 aromatic carbocycles. The standard InChI is InChI=1S/C16H27N/c1-11(17-15-3-2-4-15)16-8-12-5-13(9-16)7-14(6-12)10-16/h11-15,17H,2-10H2,1H3. The van der Waals surface area contributed by atoms with E-state index in [4.69, 9.17) is 0 Å². The molecule has 0 aliphatic heterocycles. The zero-order valence-electron chi connectivity index (χ0n) is 11.3. The molecule has 5 saturated carbocycles. The van der Waals surface area contributed by atoms with Gasteiger partial charge in [0.25, 0.3) is 0 Å². The normalized spacial score (nSPS) is 50.3. The van der Waals surface area contributed by atoms with E-state index in [0.29, 0.717) is 5.41 Å². The third kappa shape index (κ3) is 1.69. The second kappa shape index (κ2) is 3.73. The lowest BCUT2D eigenvalue weighted by Gasteiger charge is -2.59. The number of rotatable bonds is 3. The van der Waals surface area contributed by atoms with Gasteiger partial charge >= 0.3 is 0 Å². The van der Waals surface area contributed by atoms with Gasteiger partial charge in [0.2, 0.25) is 0 Å². The summed E-state index contributed by atoms with van der Waals surface area (Å²) < 4.78 is 0. The second-order valence-electron chi connectivity index (χ2n) is 7.80. The van der Waals surface area contributed by atoms with Crippen LogP contribution in [0.1, 0.15) is 64.7 Å². The molecule has 5 aliphatic carbocycles. The Morgan fingerprint density at radius 1 is 0.941 bits per heavy atom. The molecule has 1 atom stereocenters. The summed E-state index contributed by atoms with van der Waals surface area (Å²) in [5.41, 5.74) is 0.713. The molecule has 5 aliphatic rings. The first-order valence-electron chi connectivity index (χ1n) is 7.99. The molecule has 1 nitrogen and oxygen atoms in total. The van der Waals surface area contributed by atoms with E-state index in [9.17, 15) is 0 Å². The van der Waals surface area contributed by atoms with Crippen molar-refractivity contribution in [1.82, 2.24) is 5.32 Å². The van der Waals surface area contributed by atoms with Crippen LogP contribution in [0.25, 0.3) is 0 Å². The van der Waals surface area contributed by atoms with Gasteiger partial charge in [-0.05, 0) is 81.5 Å². The van der Waals surface area contributed by atoms with Crippen LogP contribution in [0.3, 0.4) is 0 Å². The zero-order valence-corrected chi connectivity index (χ0v) is 11.3. The maximum Gasteiger partial charge on any atom is 0.00980 e. The van der Waals surface area contributed by atoms with Crippen LogP contribution in [-0.4, -0.2) is 12.1 Å². The Morgan fingerprint density at radius 2 is 1.47 bits per heavy atom. The Hall–Kier alpha value is -0.0400. The summed E-state index contributed by atoms with van der Waals surface area (Å²) in [6.07, 6.45) is 13.7. The molecule has 1 unspecified atom stereocenters. The van der Waals surface area contributed by atoms with Gasteiger partial charge in [-0.3, -0.25) is 0 Å². The van der Waals surface area contributed by atoms with Crippen molar-refractivity contribution in [2.24, 2.45) is 23.2 Å². The van der Waals surface area contributed by atoms with E-state index in [1.807, 2.05) is 0 Å². The molecule has 1 N–H and O–H groups in total. The third-order valence-corrected chi connectivity index (χ3v) is 6.60. The lowest BCUT2D eigenvalue weighted by molar-refractivity contribution is -0.0735. The van der Waals surface area contributed by atoms with Crippen LogP contribution >= 0.6 is 0 Å². The Bertz CT molecular complexity index is 269. The van der Waals surface area contributed by atoms with Crippen LogP contribution in [0.4, 0.5) is 0 Å². The largest absolute Gasteiger partial charge is 0.311 e. The highest BCUT2D eigenvalue weighted by atomic mass is 15.0. The maximum absolute atomic E-state index is 3.97. The quantitative estimate of drug-likeness (QED) is 0.783. The monoisotopic (exact) mass is 233 g/mol. The van der Waals surface area contributed by atoms with Crippen LogP contribution in [-0.2, 0) is 0 Å². The molecule has 0 aromatic rings. The fraction of sp³-hybridized carbons (Fsp3) is 1.00. The van der Waals surface area contributed by atoms with Crippen molar-refractivity contribution >= 4 is 0 Å². The van der Waals surface area contributed by atoms with Crippen LogP contribution in [0.15, 0.2) is 0 Å². The Morgan fingerprint density at radius 3 is 1.88 bits per heavy atom. The molecular formula is C16H27N. The number of hydrogen-bond donors (Lipinski definition) is 1. The van der Waals surface area contributed by atoms with Gasteiger partial charge in [-0.15, -0.1) is 0 Å². The summed E-state index contributed by atoms with van der Waals surface area (Å²) in [5.74, 6) is 3.31. The first-order valence-corrected chi connectivity index (χ1v) is 7.99. The fourth-order valence-electron chi connectivity index (χ4n) is 5.81. The van der Waals surface area contributed by atoms with Gasteiger partial charge in [0.1, 0.15) is 0 Å². The number of nitrogens with one attached hydrogen (secondary N) is 1. The minimum atomic E-state index is 0.713. The van der Waals surface area contributed by atoms with Gasteiger partial charge in [-0.1, -0.05) is 6.42 Å².